The van der Waals surface area contributed by atoms with Crippen molar-refractivity contribution in [3.63, 3.8) is 0 Å². The molecule has 5 nitrogen and oxygen atoms in total. The Morgan fingerprint density at radius 1 is 1.36 bits per heavy atom. The molecule has 22 heavy (non-hydrogen) atoms. The molecule has 1 aromatic carbocycles. The number of likely N-dealkylation sites (tertiary alicyclic amines) is 1. The molecule has 1 unspecified atom stereocenters. The molecule has 1 atom stereocenters. The molecule has 1 aromatic rings. The number of piperidine rings is 1. The van der Waals surface area contributed by atoms with Crippen molar-refractivity contribution >= 4 is 28.2 Å². The third-order valence-corrected chi connectivity index (χ3v) is 5.14. The molecule has 0 aromatic heterocycles. The van der Waals surface area contributed by atoms with Crippen molar-refractivity contribution in [1.29, 1.82) is 0 Å². The Morgan fingerprint density at radius 3 is 2.64 bits per heavy atom. The molecule has 0 aliphatic carbocycles. The van der Waals surface area contributed by atoms with E-state index in [0.717, 1.165) is 31.1 Å². The zero-order chi connectivity index (χ0) is 15.6. The van der Waals surface area contributed by atoms with Gasteiger partial charge in [0.25, 0.3) is 5.91 Å². The number of hydrogen-bond donors (Lipinski definition) is 1. The maximum absolute atomic E-state index is 12.7. The molecule has 2 rings (SSSR count). The first-order chi connectivity index (χ1) is 9.84. The van der Waals surface area contributed by atoms with E-state index in [-0.39, 0.29) is 29.3 Å². The van der Waals surface area contributed by atoms with E-state index in [9.17, 15) is 13.2 Å². The number of hydrogen-bond acceptors (Lipinski definition) is 4. The predicted octanol–water partition coefficient (Wildman–Crippen LogP) is 1.77. The topological polar surface area (TPSA) is 80.5 Å². The highest BCUT2D eigenvalue weighted by Crippen LogP contribution is 2.22. The third-order valence-electron chi connectivity index (χ3n) is 4.03. The van der Waals surface area contributed by atoms with Crippen molar-refractivity contribution in [2.24, 2.45) is 5.73 Å². The van der Waals surface area contributed by atoms with Crippen LogP contribution < -0.4 is 5.73 Å². The number of carbonyl (C=O) groups excluding carboxylic acids is 1. The Morgan fingerprint density at radius 2 is 2.05 bits per heavy atom. The first-order valence-electron chi connectivity index (χ1n) is 7.16. The van der Waals surface area contributed by atoms with Crippen LogP contribution in [0.2, 0.25) is 0 Å². The molecule has 1 aliphatic rings. The quantitative estimate of drug-likeness (QED) is 0.904. The van der Waals surface area contributed by atoms with Gasteiger partial charge < -0.3 is 10.6 Å². The molecule has 1 amide bonds. The minimum absolute atomic E-state index is 0. The van der Waals surface area contributed by atoms with Crippen LogP contribution in [0.5, 0.6) is 0 Å². The minimum atomic E-state index is -3.32. The van der Waals surface area contributed by atoms with E-state index in [1.165, 1.54) is 12.1 Å². The maximum Gasteiger partial charge on any atom is 0.254 e. The molecule has 124 valence electrons. The fraction of sp³-hybridized carbons (Fsp3) is 0.533. The minimum Gasteiger partial charge on any atom is -0.334 e. The SMILES string of the molecule is Cc1ccc(S(C)(=O)=O)cc1C(=O)N1CCCCC1CN.Cl. The highest BCUT2D eigenvalue weighted by atomic mass is 35.5. The van der Waals surface area contributed by atoms with Crippen LogP contribution in [0.15, 0.2) is 23.1 Å². The summed E-state index contributed by atoms with van der Waals surface area (Å²) in [6.07, 6.45) is 4.10. The molecular formula is C15H23ClN2O3S. The van der Waals surface area contributed by atoms with Crippen molar-refractivity contribution in [1.82, 2.24) is 4.90 Å². The van der Waals surface area contributed by atoms with E-state index in [1.54, 1.807) is 11.0 Å². The molecule has 1 saturated heterocycles. The van der Waals surface area contributed by atoms with E-state index in [1.807, 2.05) is 6.92 Å². The number of amides is 1. The number of benzene rings is 1. The van der Waals surface area contributed by atoms with Gasteiger partial charge in [-0.05, 0) is 43.9 Å². The zero-order valence-corrected chi connectivity index (χ0v) is 14.5. The fourth-order valence-electron chi connectivity index (χ4n) is 2.73. The number of nitrogens with two attached hydrogens (primary N) is 1. The van der Waals surface area contributed by atoms with Gasteiger partial charge in [-0.2, -0.15) is 0 Å². The molecule has 1 fully saturated rings. The number of halogens is 1. The van der Waals surface area contributed by atoms with Gasteiger partial charge in [-0.3, -0.25) is 4.79 Å². The van der Waals surface area contributed by atoms with Crippen LogP contribution >= 0.6 is 12.4 Å². The molecule has 1 aliphatic heterocycles. The normalized spacial score (nSPS) is 18.7. The van der Waals surface area contributed by atoms with Crippen LogP contribution in [-0.4, -0.2) is 44.6 Å². The van der Waals surface area contributed by atoms with Gasteiger partial charge >= 0.3 is 0 Å². The Labute approximate surface area is 138 Å². The average molecular weight is 347 g/mol. The van der Waals surface area contributed by atoms with E-state index < -0.39 is 9.84 Å². The summed E-state index contributed by atoms with van der Waals surface area (Å²) in [5.41, 5.74) is 7.00. The molecule has 1 heterocycles. The predicted molar refractivity (Wildman–Crippen MR) is 89.3 cm³/mol. The molecular weight excluding hydrogens is 324 g/mol. The summed E-state index contributed by atoms with van der Waals surface area (Å²) in [7, 11) is -3.32. The molecule has 0 spiro atoms. The van der Waals surface area contributed by atoms with Gasteiger partial charge in [0.2, 0.25) is 0 Å². The second-order valence-electron chi connectivity index (χ2n) is 5.63. The second-order valence-corrected chi connectivity index (χ2v) is 7.65. The van der Waals surface area contributed by atoms with Gasteiger partial charge in [0.15, 0.2) is 9.84 Å². The van der Waals surface area contributed by atoms with Crippen LogP contribution in [0.3, 0.4) is 0 Å². The smallest absolute Gasteiger partial charge is 0.254 e. The lowest BCUT2D eigenvalue weighted by atomic mass is 9.99. The van der Waals surface area contributed by atoms with Gasteiger partial charge in [0, 0.05) is 31.0 Å². The zero-order valence-electron chi connectivity index (χ0n) is 12.9. The first kappa shape index (κ1) is 18.9. The number of nitrogens with zero attached hydrogens (tertiary/aromatic N) is 1. The lowest BCUT2D eigenvalue weighted by molar-refractivity contribution is 0.0622. The van der Waals surface area contributed by atoms with Crippen LogP contribution in [0.1, 0.15) is 35.2 Å². The summed E-state index contributed by atoms with van der Waals surface area (Å²) in [5.74, 6) is -0.117. The van der Waals surface area contributed by atoms with Crippen LogP contribution in [0.4, 0.5) is 0 Å². The van der Waals surface area contributed by atoms with Gasteiger partial charge in [-0.25, -0.2) is 8.42 Å². The van der Waals surface area contributed by atoms with Crippen molar-refractivity contribution in [3.8, 4) is 0 Å². The monoisotopic (exact) mass is 346 g/mol. The Hall–Kier alpha value is -1.11. The lowest BCUT2D eigenvalue weighted by Gasteiger charge is -2.35. The summed E-state index contributed by atoms with van der Waals surface area (Å²) < 4.78 is 23.3. The number of sulfone groups is 1. The summed E-state index contributed by atoms with van der Waals surface area (Å²) >= 11 is 0. The van der Waals surface area contributed by atoms with Gasteiger partial charge in [-0.15, -0.1) is 12.4 Å². The third kappa shape index (κ3) is 4.00. The molecule has 0 bridgehead atoms. The summed E-state index contributed by atoms with van der Waals surface area (Å²) in [5, 5.41) is 0. The Bertz CT molecular complexity index is 646. The average Bonchev–Trinajstić information content (AvgIpc) is 2.45. The summed E-state index contributed by atoms with van der Waals surface area (Å²) in [4.78, 5) is 14.7. The number of aryl methyl sites for hydroxylation is 1. The van der Waals surface area contributed by atoms with Crippen LogP contribution in [-0.2, 0) is 9.84 Å². The van der Waals surface area contributed by atoms with Crippen LogP contribution in [0.25, 0.3) is 0 Å². The number of rotatable bonds is 3. The van der Waals surface area contributed by atoms with Gasteiger partial charge in [-0.1, -0.05) is 6.07 Å². The second kappa shape index (κ2) is 7.44. The maximum atomic E-state index is 12.7. The van der Waals surface area contributed by atoms with E-state index in [4.69, 9.17) is 5.73 Å². The molecule has 7 heteroatoms. The van der Waals surface area contributed by atoms with Gasteiger partial charge in [0.1, 0.15) is 0 Å². The summed E-state index contributed by atoms with van der Waals surface area (Å²) in [6, 6.07) is 4.76. The highest BCUT2D eigenvalue weighted by Gasteiger charge is 2.27. The Kier molecular flexibility index (Phi) is 6.40. The van der Waals surface area contributed by atoms with Gasteiger partial charge in [0.05, 0.1) is 4.90 Å². The van der Waals surface area contributed by atoms with E-state index in [2.05, 4.69) is 0 Å². The fourth-order valence-corrected chi connectivity index (χ4v) is 3.38. The Balaban J connectivity index is 0.00000242. The largest absolute Gasteiger partial charge is 0.334 e. The van der Waals surface area contributed by atoms with Crippen molar-refractivity contribution in [3.05, 3.63) is 29.3 Å². The summed E-state index contributed by atoms with van der Waals surface area (Å²) in [6.45, 7) is 2.94. The van der Waals surface area contributed by atoms with E-state index in [0.29, 0.717) is 18.7 Å². The van der Waals surface area contributed by atoms with Crippen molar-refractivity contribution in [2.75, 3.05) is 19.3 Å². The van der Waals surface area contributed by atoms with Crippen LogP contribution in [0, 0.1) is 6.92 Å². The molecule has 0 radical (unpaired) electrons. The van der Waals surface area contributed by atoms with Crippen molar-refractivity contribution < 1.29 is 13.2 Å². The molecule has 2 N–H and O–H groups in total. The standard InChI is InChI=1S/C15H22N2O3S.ClH/c1-11-6-7-13(21(2,19)20)9-14(11)15(18)17-8-4-3-5-12(17)10-16;/h6-7,9,12H,3-5,8,10,16H2,1-2H3;1H. The molecule has 0 saturated carbocycles. The lowest BCUT2D eigenvalue weighted by Crippen LogP contribution is -2.47. The first-order valence-corrected chi connectivity index (χ1v) is 9.05. The van der Waals surface area contributed by atoms with Crippen molar-refractivity contribution in [2.45, 2.75) is 37.1 Å². The van der Waals surface area contributed by atoms with E-state index >= 15 is 0 Å². The number of carbonyl (C=O) groups is 1. The highest BCUT2D eigenvalue weighted by molar-refractivity contribution is 7.90.